The van der Waals surface area contributed by atoms with Gasteiger partial charge in [0.25, 0.3) is 0 Å². The van der Waals surface area contributed by atoms with E-state index < -0.39 is 0 Å². The predicted molar refractivity (Wildman–Crippen MR) is 76.4 cm³/mol. The number of anilines is 1. The number of ether oxygens (including phenoxy) is 1. The number of aromatic nitrogens is 1. The van der Waals surface area contributed by atoms with E-state index in [2.05, 4.69) is 18.9 Å². The summed E-state index contributed by atoms with van der Waals surface area (Å²) in [5.41, 5.74) is 2.02. The molecule has 0 spiro atoms. The minimum Gasteiger partial charge on any atom is -0.392 e. The zero-order valence-corrected chi connectivity index (χ0v) is 11.9. The summed E-state index contributed by atoms with van der Waals surface area (Å²) in [5.74, 6) is 0.974. The summed E-state index contributed by atoms with van der Waals surface area (Å²) in [6, 6.07) is 4.49. The van der Waals surface area contributed by atoms with Gasteiger partial charge < -0.3 is 14.7 Å². The Bertz CT molecular complexity index is 403. The maximum Gasteiger partial charge on any atom is 0.129 e. The molecule has 0 aromatic carbocycles. The fourth-order valence-electron chi connectivity index (χ4n) is 2.55. The molecule has 2 heterocycles. The van der Waals surface area contributed by atoms with E-state index in [0.717, 1.165) is 56.0 Å². The molecule has 4 nitrogen and oxygen atoms in total. The molecular formula is C15H24N2O2. The number of aliphatic hydroxyl groups is 1. The lowest BCUT2D eigenvalue weighted by Crippen LogP contribution is -2.37. The van der Waals surface area contributed by atoms with E-state index in [4.69, 9.17) is 9.72 Å². The van der Waals surface area contributed by atoms with Crippen molar-refractivity contribution in [2.45, 2.75) is 45.3 Å². The zero-order chi connectivity index (χ0) is 13.7. The van der Waals surface area contributed by atoms with Gasteiger partial charge in [-0.15, -0.1) is 0 Å². The van der Waals surface area contributed by atoms with Gasteiger partial charge in [0.15, 0.2) is 0 Å². The summed E-state index contributed by atoms with van der Waals surface area (Å²) >= 11 is 0. The van der Waals surface area contributed by atoms with Gasteiger partial charge in [0.05, 0.1) is 6.61 Å². The molecule has 1 aliphatic rings. The smallest absolute Gasteiger partial charge is 0.129 e. The van der Waals surface area contributed by atoms with Crippen LogP contribution in [0.3, 0.4) is 0 Å². The zero-order valence-electron chi connectivity index (χ0n) is 11.9. The van der Waals surface area contributed by atoms with Crippen molar-refractivity contribution >= 4 is 5.82 Å². The van der Waals surface area contributed by atoms with Crippen LogP contribution in [0.25, 0.3) is 0 Å². The Morgan fingerprint density at radius 3 is 2.74 bits per heavy atom. The third kappa shape index (κ3) is 3.67. The van der Waals surface area contributed by atoms with Crippen molar-refractivity contribution in [3.63, 3.8) is 0 Å². The normalized spacial score (nSPS) is 16.6. The second kappa shape index (κ2) is 6.87. The molecule has 0 amide bonds. The molecule has 4 heteroatoms. The molecule has 19 heavy (non-hydrogen) atoms. The third-order valence-corrected chi connectivity index (χ3v) is 3.71. The highest BCUT2D eigenvalue weighted by molar-refractivity contribution is 5.43. The standard InChI is InChI=1S/C15H24N2O2/c1-3-4-13-9-12(11-18)10-15(16-13)17(2)14-5-7-19-8-6-14/h9-10,14,18H,3-8,11H2,1-2H3. The molecule has 0 radical (unpaired) electrons. The predicted octanol–water partition coefficient (Wildman–Crippen LogP) is 2.14. The van der Waals surface area contributed by atoms with Crippen molar-refractivity contribution in [3.05, 3.63) is 23.4 Å². The van der Waals surface area contributed by atoms with Crippen LogP contribution < -0.4 is 4.90 Å². The largest absolute Gasteiger partial charge is 0.392 e. The lowest BCUT2D eigenvalue weighted by Gasteiger charge is -2.32. The topological polar surface area (TPSA) is 45.6 Å². The Morgan fingerprint density at radius 1 is 1.37 bits per heavy atom. The Hall–Kier alpha value is -1.13. The number of rotatable bonds is 5. The maximum atomic E-state index is 9.38. The van der Waals surface area contributed by atoms with Crippen LogP contribution in [0.1, 0.15) is 37.4 Å². The number of hydrogen-bond acceptors (Lipinski definition) is 4. The molecule has 106 valence electrons. The maximum absolute atomic E-state index is 9.38. The molecule has 0 saturated carbocycles. The lowest BCUT2D eigenvalue weighted by molar-refractivity contribution is 0.0853. The van der Waals surface area contributed by atoms with Crippen molar-refractivity contribution in [3.8, 4) is 0 Å². The third-order valence-electron chi connectivity index (χ3n) is 3.71. The minimum absolute atomic E-state index is 0.0772. The summed E-state index contributed by atoms with van der Waals surface area (Å²) in [6.45, 7) is 3.88. The Labute approximate surface area is 115 Å². The summed E-state index contributed by atoms with van der Waals surface area (Å²) in [4.78, 5) is 6.96. The van der Waals surface area contributed by atoms with Gasteiger partial charge in [-0.2, -0.15) is 0 Å². The second-order valence-corrected chi connectivity index (χ2v) is 5.19. The van der Waals surface area contributed by atoms with E-state index in [9.17, 15) is 5.11 Å². The summed E-state index contributed by atoms with van der Waals surface area (Å²) < 4.78 is 5.41. The molecule has 1 aromatic rings. The molecule has 0 bridgehead atoms. The average Bonchev–Trinajstić information content (AvgIpc) is 2.47. The van der Waals surface area contributed by atoms with Gasteiger partial charge in [0.1, 0.15) is 5.82 Å². The highest BCUT2D eigenvalue weighted by Gasteiger charge is 2.20. The van der Waals surface area contributed by atoms with E-state index in [1.54, 1.807) is 0 Å². The molecule has 2 rings (SSSR count). The van der Waals surface area contributed by atoms with Crippen molar-refractivity contribution < 1.29 is 9.84 Å². The fraction of sp³-hybridized carbons (Fsp3) is 0.667. The first kappa shape index (κ1) is 14.3. The van der Waals surface area contributed by atoms with E-state index in [1.165, 1.54) is 0 Å². The van der Waals surface area contributed by atoms with Gasteiger partial charge in [-0.05, 0) is 37.0 Å². The van der Waals surface area contributed by atoms with Crippen LogP contribution in [0, 0.1) is 0 Å². The highest BCUT2D eigenvalue weighted by Crippen LogP contribution is 2.21. The number of nitrogens with zero attached hydrogens (tertiary/aromatic N) is 2. The number of pyridine rings is 1. The van der Waals surface area contributed by atoms with Gasteiger partial charge in [-0.1, -0.05) is 13.3 Å². The van der Waals surface area contributed by atoms with Crippen LogP contribution in [-0.2, 0) is 17.8 Å². The molecule has 0 aliphatic carbocycles. The van der Waals surface area contributed by atoms with Gasteiger partial charge in [-0.25, -0.2) is 4.98 Å². The van der Waals surface area contributed by atoms with Crippen molar-refractivity contribution in [2.24, 2.45) is 0 Å². The molecule has 1 aliphatic heterocycles. The monoisotopic (exact) mass is 264 g/mol. The van der Waals surface area contributed by atoms with E-state index in [0.29, 0.717) is 6.04 Å². The van der Waals surface area contributed by atoms with E-state index in [1.807, 2.05) is 12.1 Å². The van der Waals surface area contributed by atoms with Gasteiger partial charge in [-0.3, -0.25) is 0 Å². The average molecular weight is 264 g/mol. The molecule has 1 N–H and O–H groups in total. The molecule has 0 atom stereocenters. The van der Waals surface area contributed by atoms with E-state index >= 15 is 0 Å². The first-order chi connectivity index (χ1) is 9.24. The molecule has 1 aromatic heterocycles. The quantitative estimate of drug-likeness (QED) is 0.885. The van der Waals surface area contributed by atoms with Crippen LogP contribution in [0.15, 0.2) is 12.1 Å². The second-order valence-electron chi connectivity index (χ2n) is 5.19. The summed E-state index contributed by atoms with van der Waals surface area (Å²) in [6.07, 6.45) is 4.13. The minimum atomic E-state index is 0.0772. The van der Waals surface area contributed by atoms with Gasteiger partial charge in [0.2, 0.25) is 0 Å². The molecule has 1 fully saturated rings. The highest BCUT2D eigenvalue weighted by atomic mass is 16.5. The first-order valence-corrected chi connectivity index (χ1v) is 7.16. The molecular weight excluding hydrogens is 240 g/mol. The number of hydrogen-bond donors (Lipinski definition) is 1. The van der Waals surface area contributed by atoms with Crippen LogP contribution in [-0.4, -0.2) is 36.4 Å². The van der Waals surface area contributed by atoms with Gasteiger partial charge in [0, 0.05) is 32.0 Å². The van der Waals surface area contributed by atoms with Gasteiger partial charge >= 0.3 is 0 Å². The SMILES string of the molecule is CCCc1cc(CO)cc(N(C)C2CCOCC2)n1. The Kier molecular flexibility index (Phi) is 5.16. The number of aryl methyl sites for hydroxylation is 1. The van der Waals surface area contributed by atoms with E-state index in [-0.39, 0.29) is 6.61 Å². The molecule has 1 saturated heterocycles. The van der Waals surface area contributed by atoms with Crippen molar-refractivity contribution in [1.82, 2.24) is 4.98 Å². The number of aliphatic hydroxyl groups excluding tert-OH is 1. The van der Waals surface area contributed by atoms with Crippen LogP contribution in [0.4, 0.5) is 5.82 Å². The van der Waals surface area contributed by atoms with Crippen LogP contribution >= 0.6 is 0 Å². The Morgan fingerprint density at radius 2 is 2.11 bits per heavy atom. The van der Waals surface area contributed by atoms with Crippen LogP contribution in [0.2, 0.25) is 0 Å². The summed E-state index contributed by atoms with van der Waals surface area (Å²) in [5, 5.41) is 9.38. The Balaban J connectivity index is 2.18. The first-order valence-electron chi connectivity index (χ1n) is 7.16. The van der Waals surface area contributed by atoms with Crippen molar-refractivity contribution in [2.75, 3.05) is 25.2 Å². The summed E-state index contributed by atoms with van der Waals surface area (Å²) in [7, 11) is 2.09. The fourth-order valence-corrected chi connectivity index (χ4v) is 2.55. The van der Waals surface area contributed by atoms with Crippen molar-refractivity contribution in [1.29, 1.82) is 0 Å². The molecule has 0 unspecified atom stereocenters. The lowest BCUT2D eigenvalue weighted by atomic mass is 10.1. The van der Waals surface area contributed by atoms with Crippen LogP contribution in [0.5, 0.6) is 0 Å².